The SMILES string of the molecule is CCC(C)COc1cc2c(cc1OCC(C)CC)C1(c3cc(B4OC(C)(C)C(C)(C)O4)ccc3-c3ccc(B4OC(C)(C)C(C)(C)O4)cc31)c1cc(OCC(C)CC)c(OCC(C)CC)cc1-2. The van der Waals surface area contributed by atoms with Gasteiger partial charge in [0, 0.05) is 0 Å². The third-order valence-corrected chi connectivity index (χ3v) is 16.4. The van der Waals surface area contributed by atoms with E-state index < -0.39 is 42.1 Å². The molecule has 4 aromatic carbocycles. The summed E-state index contributed by atoms with van der Waals surface area (Å²) < 4.78 is 54.6. The molecule has 1 spiro atoms. The van der Waals surface area contributed by atoms with Crippen LogP contribution in [-0.2, 0) is 24.0 Å². The monoisotopic (exact) mass is 913 g/mol. The second kappa shape index (κ2) is 18.4. The van der Waals surface area contributed by atoms with Crippen LogP contribution in [0.5, 0.6) is 23.0 Å². The third kappa shape index (κ3) is 8.73. The zero-order valence-corrected chi connectivity index (χ0v) is 43.7. The zero-order valence-electron chi connectivity index (χ0n) is 43.7. The van der Waals surface area contributed by atoms with Crippen molar-refractivity contribution in [1.82, 2.24) is 0 Å². The van der Waals surface area contributed by atoms with E-state index >= 15 is 0 Å². The molecule has 10 heteroatoms. The Bertz CT molecular complexity index is 2260. The molecule has 0 radical (unpaired) electrons. The first kappa shape index (κ1) is 49.5. The van der Waals surface area contributed by atoms with Crippen molar-refractivity contribution >= 4 is 25.2 Å². The van der Waals surface area contributed by atoms with Crippen LogP contribution in [0.25, 0.3) is 22.3 Å². The lowest BCUT2D eigenvalue weighted by molar-refractivity contribution is 0.00578. The molecule has 8 nitrogen and oxygen atoms in total. The third-order valence-electron chi connectivity index (χ3n) is 16.4. The van der Waals surface area contributed by atoms with Crippen molar-refractivity contribution in [2.45, 2.75) is 164 Å². The van der Waals surface area contributed by atoms with E-state index in [0.717, 1.165) is 104 Å². The van der Waals surface area contributed by atoms with Gasteiger partial charge >= 0.3 is 14.2 Å². The molecule has 4 unspecified atom stereocenters. The minimum Gasteiger partial charge on any atom is -0.489 e. The smallest absolute Gasteiger partial charge is 0.489 e. The molecule has 0 aromatic heterocycles. The quantitative estimate of drug-likeness (QED) is 0.0790. The number of hydrogen-bond donors (Lipinski definition) is 0. The van der Waals surface area contributed by atoms with E-state index in [-0.39, 0.29) is 0 Å². The summed E-state index contributed by atoms with van der Waals surface area (Å²) >= 11 is 0. The molecular formula is C57H78B2O8. The number of hydrogen-bond acceptors (Lipinski definition) is 8. The van der Waals surface area contributed by atoms with E-state index in [0.29, 0.717) is 50.1 Å². The van der Waals surface area contributed by atoms with Gasteiger partial charge in [0.25, 0.3) is 0 Å². The molecule has 2 heterocycles. The molecule has 2 aliphatic carbocycles. The van der Waals surface area contributed by atoms with Gasteiger partial charge in [-0.3, -0.25) is 0 Å². The first-order valence-corrected chi connectivity index (χ1v) is 25.5. The Hall–Kier alpha value is -3.95. The summed E-state index contributed by atoms with van der Waals surface area (Å²) in [6, 6.07) is 22.6. The Morgan fingerprint density at radius 1 is 0.388 bits per heavy atom. The number of benzene rings is 4. The van der Waals surface area contributed by atoms with Crippen molar-refractivity contribution < 1.29 is 37.6 Å². The van der Waals surface area contributed by atoms with Crippen LogP contribution in [0.4, 0.5) is 0 Å². The zero-order chi connectivity index (χ0) is 48.4. The van der Waals surface area contributed by atoms with Crippen molar-refractivity contribution in [3.05, 3.63) is 82.9 Å². The van der Waals surface area contributed by atoms with E-state index in [2.05, 4.69) is 171 Å². The van der Waals surface area contributed by atoms with Gasteiger partial charge in [0.2, 0.25) is 0 Å². The number of fused-ring (bicyclic) bond motifs is 10. The molecular weight excluding hydrogens is 834 g/mol. The maximum atomic E-state index is 6.91. The average Bonchev–Trinajstić information content (AvgIpc) is 3.90. The van der Waals surface area contributed by atoms with Crippen LogP contribution in [-0.4, -0.2) is 63.1 Å². The van der Waals surface area contributed by atoms with Gasteiger partial charge in [0.1, 0.15) is 0 Å². The summed E-state index contributed by atoms with van der Waals surface area (Å²) in [5.41, 5.74) is 8.00. The fourth-order valence-corrected chi connectivity index (χ4v) is 9.37. The highest BCUT2D eigenvalue weighted by atomic mass is 16.7. The van der Waals surface area contributed by atoms with Gasteiger partial charge in [-0.25, -0.2) is 0 Å². The second-order valence-corrected chi connectivity index (χ2v) is 22.5. The Balaban J connectivity index is 1.45. The van der Waals surface area contributed by atoms with Crippen LogP contribution in [0.3, 0.4) is 0 Å². The maximum absolute atomic E-state index is 6.91. The lowest BCUT2D eigenvalue weighted by Crippen LogP contribution is -2.41. The highest BCUT2D eigenvalue weighted by molar-refractivity contribution is 6.62. The van der Waals surface area contributed by atoms with E-state index in [1.165, 1.54) is 0 Å². The first-order chi connectivity index (χ1) is 31.6. The highest BCUT2D eigenvalue weighted by Gasteiger charge is 2.57. The molecule has 2 saturated heterocycles. The minimum absolute atomic E-state index is 0.357. The van der Waals surface area contributed by atoms with Crippen LogP contribution in [0.15, 0.2) is 60.7 Å². The average molecular weight is 913 g/mol. The van der Waals surface area contributed by atoms with Gasteiger partial charge in [-0.15, -0.1) is 0 Å². The molecule has 67 heavy (non-hydrogen) atoms. The Morgan fingerprint density at radius 3 is 0.940 bits per heavy atom. The molecule has 0 N–H and O–H groups in total. The van der Waals surface area contributed by atoms with Gasteiger partial charge in [0.15, 0.2) is 23.0 Å². The molecule has 0 amide bonds. The summed E-state index contributed by atoms with van der Waals surface area (Å²) in [4.78, 5) is 0. The molecule has 8 rings (SSSR count). The highest BCUT2D eigenvalue weighted by Crippen LogP contribution is 2.65. The Kier molecular flexibility index (Phi) is 13.6. The largest absolute Gasteiger partial charge is 0.494 e. The molecule has 2 fully saturated rings. The fourth-order valence-electron chi connectivity index (χ4n) is 9.37. The van der Waals surface area contributed by atoms with Gasteiger partial charge in [0.05, 0.1) is 54.2 Å². The van der Waals surface area contributed by atoms with Gasteiger partial charge in [-0.05, 0) is 159 Å². The van der Waals surface area contributed by atoms with E-state index in [1.807, 2.05) is 0 Å². The lowest BCUT2D eigenvalue weighted by Gasteiger charge is -2.32. The van der Waals surface area contributed by atoms with E-state index in [4.69, 9.17) is 37.6 Å². The maximum Gasteiger partial charge on any atom is 0.494 e. The van der Waals surface area contributed by atoms with Crippen LogP contribution >= 0.6 is 0 Å². The summed E-state index contributed by atoms with van der Waals surface area (Å²) in [6.07, 6.45) is 4.04. The normalized spacial score (nSPS) is 20.5. The first-order valence-electron chi connectivity index (χ1n) is 25.5. The predicted molar refractivity (Wildman–Crippen MR) is 274 cm³/mol. The molecule has 4 aliphatic rings. The van der Waals surface area contributed by atoms with E-state index in [1.54, 1.807) is 0 Å². The molecule has 0 saturated carbocycles. The van der Waals surface area contributed by atoms with Crippen LogP contribution in [0, 0.1) is 23.7 Å². The predicted octanol–water partition coefficient (Wildman–Crippen LogP) is 12.3. The molecule has 4 aromatic rings. The lowest BCUT2D eigenvalue weighted by atomic mass is 9.67. The molecule has 360 valence electrons. The Morgan fingerprint density at radius 2 is 0.657 bits per heavy atom. The summed E-state index contributed by atoms with van der Waals surface area (Å²) in [6.45, 7) is 37.0. The van der Waals surface area contributed by atoms with Crippen LogP contribution in [0.2, 0.25) is 0 Å². The summed E-state index contributed by atoms with van der Waals surface area (Å²) in [5.74, 6) is 4.45. The van der Waals surface area contributed by atoms with Crippen molar-refractivity contribution in [3.63, 3.8) is 0 Å². The van der Waals surface area contributed by atoms with Gasteiger partial charge in [-0.1, -0.05) is 117 Å². The van der Waals surface area contributed by atoms with Crippen molar-refractivity contribution in [2.24, 2.45) is 23.7 Å². The van der Waals surface area contributed by atoms with E-state index in [9.17, 15) is 0 Å². The number of rotatable bonds is 18. The molecule has 0 bridgehead atoms. The van der Waals surface area contributed by atoms with Crippen LogP contribution in [0.1, 0.15) is 159 Å². The van der Waals surface area contributed by atoms with Crippen molar-refractivity contribution in [1.29, 1.82) is 0 Å². The molecule has 2 aliphatic heterocycles. The summed E-state index contributed by atoms with van der Waals surface area (Å²) in [7, 11) is -1.12. The van der Waals surface area contributed by atoms with Crippen LogP contribution < -0.4 is 29.9 Å². The van der Waals surface area contributed by atoms with Gasteiger partial charge < -0.3 is 37.6 Å². The topological polar surface area (TPSA) is 73.8 Å². The minimum atomic E-state index is -0.845. The standard InChI is InChI=1S/C57H78B2O8/c1-17-35(5)31-60-49-27-43-44-28-50(61-32-36(6)18-2)52(63-34-38(8)20-4)30-48(44)57(47(43)29-51(49)62-33-37(7)19-3)45-25-39(58-64-53(9,10)54(11,12)65-58)21-23-41(45)42-24-22-40(26-46(42)57)59-66-55(13,14)56(15,16)67-59/h21-30,35-38H,17-20,31-34H2,1-16H3. The second-order valence-electron chi connectivity index (χ2n) is 22.5. The Labute approximate surface area is 403 Å². The van der Waals surface area contributed by atoms with Crippen molar-refractivity contribution in [2.75, 3.05) is 26.4 Å². The number of ether oxygens (including phenoxy) is 4. The molecule has 4 atom stereocenters. The fraction of sp³-hybridized carbons (Fsp3) is 0.579. The summed E-state index contributed by atoms with van der Waals surface area (Å²) in [5, 5.41) is 0. The van der Waals surface area contributed by atoms with Crippen molar-refractivity contribution in [3.8, 4) is 45.3 Å². The van der Waals surface area contributed by atoms with Gasteiger partial charge in [-0.2, -0.15) is 0 Å².